The zero-order valence-corrected chi connectivity index (χ0v) is 19.7. The topological polar surface area (TPSA) is 51.0 Å². The number of H-pyrrole nitrogens is 1. The van der Waals surface area contributed by atoms with E-state index < -0.39 is 0 Å². The van der Waals surface area contributed by atoms with Gasteiger partial charge in [0.25, 0.3) is 0 Å². The Kier molecular flexibility index (Phi) is 5.54. The SMILES string of the molecule is NCCCCc1c(-c2ccc3sc4ccccc4c3c2)[nH]c2ccc(Oc3ccccc3)cc12. The third-order valence-electron chi connectivity index (χ3n) is 6.40. The summed E-state index contributed by atoms with van der Waals surface area (Å²) in [7, 11) is 0. The molecule has 0 aliphatic heterocycles. The van der Waals surface area contributed by atoms with Gasteiger partial charge in [-0.2, -0.15) is 0 Å². The van der Waals surface area contributed by atoms with Gasteiger partial charge in [0, 0.05) is 36.8 Å². The van der Waals surface area contributed by atoms with Crippen molar-refractivity contribution < 1.29 is 4.74 Å². The van der Waals surface area contributed by atoms with Gasteiger partial charge in [-0.15, -0.1) is 11.3 Å². The second kappa shape index (κ2) is 8.98. The van der Waals surface area contributed by atoms with Gasteiger partial charge in [-0.3, -0.25) is 0 Å². The molecule has 2 aromatic heterocycles. The quantitative estimate of drug-likeness (QED) is 0.235. The fourth-order valence-corrected chi connectivity index (χ4v) is 5.84. The van der Waals surface area contributed by atoms with Gasteiger partial charge >= 0.3 is 0 Å². The fraction of sp³-hybridized carbons (Fsp3) is 0.133. The second-order valence-electron chi connectivity index (χ2n) is 8.66. The number of ether oxygens (including phenoxy) is 1. The van der Waals surface area contributed by atoms with Crippen molar-refractivity contribution in [3.05, 3.63) is 96.6 Å². The van der Waals surface area contributed by atoms with Crippen molar-refractivity contribution in [3.8, 4) is 22.8 Å². The molecule has 4 heteroatoms. The fourth-order valence-electron chi connectivity index (χ4n) is 4.75. The van der Waals surface area contributed by atoms with E-state index >= 15 is 0 Å². The number of rotatable bonds is 7. The molecule has 0 bridgehead atoms. The lowest BCUT2D eigenvalue weighted by molar-refractivity contribution is 0.483. The van der Waals surface area contributed by atoms with Gasteiger partial charge in [-0.25, -0.2) is 0 Å². The molecule has 0 radical (unpaired) electrons. The average molecular weight is 463 g/mol. The van der Waals surface area contributed by atoms with Crippen LogP contribution in [0.3, 0.4) is 0 Å². The number of hydrogen-bond donors (Lipinski definition) is 2. The van der Waals surface area contributed by atoms with Crippen LogP contribution in [0.1, 0.15) is 18.4 Å². The summed E-state index contributed by atoms with van der Waals surface area (Å²) >= 11 is 1.85. The number of aryl methyl sites for hydroxylation is 1. The van der Waals surface area contributed by atoms with Crippen LogP contribution in [-0.4, -0.2) is 11.5 Å². The number of nitrogens with one attached hydrogen (secondary N) is 1. The van der Waals surface area contributed by atoms with Crippen molar-refractivity contribution in [2.75, 3.05) is 6.54 Å². The van der Waals surface area contributed by atoms with Gasteiger partial charge < -0.3 is 15.5 Å². The summed E-state index contributed by atoms with van der Waals surface area (Å²) in [5.41, 5.74) is 10.7. The molecule has 0 amide bonds. The second-order valence-corrected chi connectivity index (χ2v) is 9.74. The predicted octanol–water partition coefficient (Wildman–Crippen LogP) is 8.28. The monoisotopic (exact) mass is 462 g/mol. The van der Waals surface area contributed by atoms with E-state index in [0.717, 1.165) is 36.3 Å². The Labute approximate surface area is 202 Å². The molecule has 0 saturated heterocycles. The first-order valence-corrected chi connectivity index (χ1v) is 12.6. The molecule has 0 fully saturated rings. The van der Waals surface area contributed by atoms with Crippen molar-refractivity contribution in [1.29, 1.82) is 0 Å². The summed E-state index contributed by atoms with van der Waals surface area (Å²) in [5, 5.41) is 3.86. The van der Waals surface area contributed by atoms with Crippen LogP contribution in [0.25, 0.3) is 42.3 Å². The normalized spacial score (nSPS) is 11.6. The highest BCUT2D eigenvalue weighted by Crippen LogP contribution is 2.39. The Morgan fingerprint density at radius 1 is 0.706 bits per heavy atom. The zero-order valence-electron chi connectivity index (χ0n) is 18.9. The minimum atomic E-state index is 0.715. The van der Waals surface area contributed by atoms with Crippen molar-refractivity contribution >= 4 is 42.4 Å². The number of hydrogen-bond acceptors (Lipinski definition) is 3. The van der Waals surface area contributed by atoms with Crippen molar-refractivity contribution in [3.63, 3.8) is 0 Å². The van der Waals surface area contributed by atoms with Crippen LogP contribution >= 0.6 is 11.3 Å². The summed E-state index contributed by atoms with van der Waals surface area (Å²) in [5.74, 6) is 1.70. The number of nitrogens with two attached hydrogens (primary N) is 1. The largest absolute Gasteiger partial charge is 0.457 e. The van der Waals surface area contributed by atoms with Crippen LogP contribution < -0.4 is 10.5 Å². The van der Waals surface area contributed by atoms with E-state index in [1.807, 2.05) is 47.7 Å². The molecule has 3 N–H and O–H groups in total. The van der Waals surface area contributed by atoms with E-state index in [-0.39, 0.29) is 0 Å². The number of aromatic nitrogens is 1. The van der Waals surface area contributed by atoms with Crippen LogP contribution in [0, 0.1) is 0 Å². The molecule has 0 saturated carbocycles. The smallest absolute Gasteiger partial charge is 0.128 e. The van der Waals surface area contributed by atoms with Gasteiger partial charge in [0.15, 0.2) is 0 Å². The molecule has 0 atom stereocenters. The summed E-state index contributed by atoms with van der Waals surface area (Å²) < 4.78 is 8.80. The van der Waals surface area contributed by atoms with Crippen LogP contribution in [0.2, 0.25) is 0 Å². The number of thiophene rings is 1. The molecule has 2 heterocycles. The predicted molar refractivity (Wildman–Crippen MR) is 145 cm³/mol. The Morgan fingerprint density at radius 2 is 1.53 bits per heavy atom. The maximum atomic E-state index is 6.14. The van der Waals surface area contributed by atoms with E-state index in [4.69, 9.17) is 10.5 Å². The lowest BCUT2D eigenvalue weighted by Gasteiger charge is -2.08. The molecule has 3 nitrogen and oxygen atoms in total. The molecule has 0 spiro atoms. The summed E-state index contributed by atoms with van der Waals surface area (Å²) in [6, 6.07) is 31.8. The third kappa shape index (κ3) is 3.85. The lowest BCUT2D eigenvalue weighted by Crippen LogP contribution is -1.99. The molecule has 6 aromatic rings. The number of para-hydroxylation sites is 1. The van der Waals surface area contributed by atoms with E-state index in [2.05, 4.69) is 59.6 Å². The van der Waals surface area contributed by atoms with Crippen molar-refractivity contribution in [2.45, 2.75) is 19.3 Å². The van der Waals surface area contributed by atoms with E-state index in [1.54, 1.807) is 0 Å². The number of benzene rings is 4. The number of aromatic amines is 1. The maximum Gasteiger partial charge on any atom is 0.128 e. The van der Waals surface area contributed by atoms with Gasteiger partial charge in [0.05, 0.1) is 0 Å². The average Bonchev–Trinajstić information content (AvgIpc) is 3.42. The summed E-state index contributed by atoms with van der Waals surface area (Å²) in [4.78, 5) is 3.72. The molecule has 168 valence electrons. The number of unbranched alkanes of at least 4 members (excludes halogenated alkanes) is 1. The molecule has 0 aliphatic rings. The first kappa shape index (κ1) is 21.0. The first-order valence-electron chi connectivity index (χ1n) is 11.8. The molecule has 0 unspecified atom stereocenters. The molecule has 0 aliphatic carbocycles. The van der Waals surface area contributed by atoms with Crippen LogP contribution in [0.15, 0.2) is 91.0 Å². The third-order valence-corrected chi connectivity index (χ3v) is 7.55. The van der Waals surface area contributed by atoms with Crippen LogP contribution in [-0.2, 0) is 6.42 Å². The van der Waals surface area contributed by atoms with E-state index in [0.29, 0.717) is 6.54 Å². The minimum absolute atomic E-state index is 0.715. The molecule has 4 aromatic carbocycles. The van der Waals surface area contributed by atoms with Crippen molar-refractivity contribution in [1.82, 2.24) is 4.98 Å². The highest BCUT2D eigenvalue weighted by Gasteiger charge is 2.16. The molecular weight excluding hydrogens is 436 g/mol. The standard InChI is InChI=1S/C30H26N2OS/c31-17-7-6-11-24-25-19-22(33-21-8-2-1-3-9-21)14-15-27(25)32-30(24)20-13-16-29-26(18-20)23-10-4-5-12-28(23)34-29/h1-5,8-10,12-16,18-19,32H,6-7,11,17,31H2. The summed E-state index contributed by atoms with van der Waals surface area (Å²) in [6.45, 7) is 0.715. The van der Waals surface area contributed by atoms with Gasteiger partial charge in [0.2, 0.25) is 0 Å². The van der Waals surface area contributed by atoms with Crippen LogP contribution in [0.4, 0.5) is 0 Å². The highest BCUT2D eigenvalue weighted by molar-refractivity contribution is 7.25. The first-order chi connectivity index (χ1) is 16.8. The summed E-state index contributed by atoms with van der Waals surface area (Å²) in [6.07, 6.45) is 3.05. The molecule has 34 heavy (non-hydrogen) atoms. The van der Waals surface area contributed by atoms with Crippen LogP contribution in [0.5, 0.6) is 11.5 Å². The van der Waals surface area contributed by atoms with Gasteiger partial charge in [-0.05, 0) is 85.5 Å². The Morgan fingerprint density at radius 3 is 2.41 bits per heavy atom. The zero-order chi connectivity index (χ0) is 22.9. The maximum absolute atomic E-state index is 6.14. The van der Waals surface area contributed by atoms with Crippen molar-refractivity contribution in [2.24, 2.45) is 5.73 Å². The van der Waals surface area contributed by atoms with Gasteiger partial charge in [0.1, 0.15) is 11.5 Å². The van der Waals surface area contributed by atoms with E-state index in [1.165, 1.54) is 42.4 Å². The molecule has 6 rings (SSSR count). The Hall–Kier alpha value is -3.60. The van der Waals surface area contributed by atoms with E-state index in [9.17, 15) is 0 Å². The minimum Gasteiger partial charge on any atom is -0.457 e. The molecular formula is C30H26N2OS. The number of fused-ring (bicyclic) bond motifs is 4. The highest BCUT2D eigenvalue weighted by atomic mass is 32.1. The Balaban J connectivity index is 1.47. The Bertz CT molecular complexity index is 1600. The lowest BCUT2D eigenvalue weighted by atomic mass is 9.99. The van der Waals surface area contributed by atoms with Gasteiger partial charge in [-0.1, -0.05) is 42.5 Å².